The van der Waals surface area contributed by atoms with Crippen LogP contribution in [0.1, 0.15) is 68.6 Å². The third-order valence-electron chi connectivity index (χ3n) is 6.53. The van der Waals surface area contributed by atoms with Gasteiger partial charge in [-0.2, -0.15) is 4.31 Å². The number of nitrogens with one attached hydrogen (secondary N) is 1. The van der Waals surface area contributed by atoms with Gasteiger partial charge in [0.25, 0.3) is 5.56 Å². The average molecular weight is 435 g/mol. The van der Waals surface area contributed by atoms with Crippen LogP contribution in [0.5, 0.6) is 0 Å². The van der Waals surface area contributed by atoms with Crippen LogP contribution in [0.4, 0.5) is 0 Å². The molecule has 1 saturated heterocycles. The smallest absolute Gasteiger partial charge is 0.254 e. The zero-order chi connectivity index (χ0) is 21.3. The van der Waals surface area contributed by atoms with E-state index < -0.39 is 10.0 Å². The number of aromatic nitrogens is 2. The van der Waals surface area contributed by atoms with Crippen molar-refractivity contribution in [2.75, 3.05) is 18.8 Å². The molecular weight excluding hydrogens is 404 g/mol. The summed E-state index contributed by atoms with van der Waals surface area (Å²) in [6.45, 7) is 2.71. The molecule has 0 aromatic carbocycles. The van der Waals surface area contributed by atoms with Crippen LogP contribution in [0.3, 0.4) is 0 Å². The molecule has 2 aliphatic heterocycles. The summed E-state index contributed by atoms with van der Waals surface area (Å²) in [4.78, 5) is 35.5. The van der Waals surface area contributed by atoms with Crippen LogP contribution in [0.2, 0.25) is 0 Å². The fourth-order valence-corrected chi connectivity index (χ4v) is 5.80. The number of nitrogens with zero attached hydrogens (tertiary/aromatic N) is 3. The molecule has 2 unspecified atom stereocenters. The quantitative estimate of drug-likeness (QED) is 0.729. The topological polar surface area (TPSA) is 103 Å². The number of amides is 1. The van der Waals surface area contributed by atoms with Crippen LogP contribution in [0.25, 0.3) is 0 Å². The van der Waals surface area contributed by atoms with Gasteiger partial charge in [0.05, 0.1) is 24.0 Å². The predicted octanol–water partition coefficient (Wildman–Crippen LogP) is 1.89. The second kappa shape index (κ2) is 8.63. The van der Waals surface area contributed by atoms with E-state index in [0.29, 0.717) is 36.6 Å². The minimum Gasteiger partial charge on any atom is -0.332 e. The van der Waals surface area contributed by atoms with Crippen molar-refractivity contribution in [3.63, 3.8) is 0 Å². The van der Waals surface area contributed by atoms with Gasteiger partial charge in [-0.15, -0.1) is 0 Å². The summed E-state index contributed by atoms with van der Waals surface area (Å²) in [5.41, 5.74) is 0.880. The molecule has 2 atom stereocenters. The highest BCUT2D eigenvalue weighted by Crippen LogP contribution is 2.33. The van der Waals surface area contributed by atoms with Gasteiger partial charge < -0.3 is 9.88 Å². The van der Waals surface area contributed by atoms with Gasteiger partial charge in [-0.05, 0) is 51.9 Å². The maximum Gasteiger partial charge on any atom is 0.254 e. The van der Waals surface area contributed by atoms with Crippen LogP contribution < -0.4 is 5.56 Å². The summed E-state index contributed by atoms with van der Waals surface area (Å²) in [5, 5.41) is 0. The molecule has 0 bridgehead atoms. The first-order valence-corrected chi connectivity index (χ1v) is 12.6. The fourth-order valence-electron chi connectivity index (χ4n) is 4.74. The molecular formula is C21H30N4O4S. The lowest BCUT2D eigenvalue weighted by Crippen LogP contribution is -2.44. The van der Waals surface area contributed by atoms with Gasteiger partial charge in [0.15, 0.2) is 0 Å². The van der Waals surface area contributed by atoms with E-state index in [1.54, 1.807) is 6.92 Å². The largest absolute Gasteiger partial charge is 0.332 e. The molecule has 30 heavy (non-hydrogen) atoms. The number of H-pyrrole nitrogens is 1. The number of hydrogen-bond donors (Lipinski definition) is 1. The van der Waals surface area contributed by atoms with Crippen LogP contribution in [-0.4, -0.2) is 52.3 Å². The SMILES string of the molecule is CCS(=O)(=O)N1CCc2c(nc(C3CCCCN3C(=O)C3CC=CCC3)[nH]c2=O)C1. The van der Waals surface area contributed by atoms with E-state index in [2.05, 4.69) is 17.1 Å². The Balaban J connectivity index is 1.63. The van der Waals surface area contributed by atoms with Gasteiger partial charge >= 0.3 is 0 Å². The summed E-state index contributed by atoms with van der Waals surface area (Å²) < 4.78 is 26.0. The van der Waals surface area contributed by atoms with Crippen LogP contribution in [0.15, 0.2) is 16.9 Å². The van der Waals surface area contributed by atoms with Crippen molar-refractivity contribution >= 4 is 15.9 Å². The number of carbonyl (C=O) groups excluding carboxylic acids is 1. The van der Waals surface area contributed by atoms with Gasteiger partial charge in [0.1, 0.15) is 5.82 Å². The normalized spacial score (nSPS) is 25.2. The second-order valence-electron chi connectivity index (χ2n) is 8.39. The summed E-state index contributed by atoms with van der Waals surface area (Å²) in [6, 6.07) is -0.256. The molecule has 1 fully saturated rings. The lowest BCUT2D eigenvalue weighted by atomic mass is 9.91. The number of hydrogen-bond acceptors (Lipinski definition) is 5. The molecule has 8 nitrogen and oxygen atoms in total. The number of fused-ring (bicyclic) bond motifs is 1. The molecule has 1 aromatic heterocycles. The third kappa shape index (κ3) is 4.09. The number of piperidine rings is 1. The summed E-state index contributed by atoms with van der Waals surface area (Å²) in [7, 11) is -3.34. The molecule has 1 aliphatic carbocycles. The number of rotatable bonds is 4. The first-order chi connectivity index (χ1) is 14.4. The molecule has 164 valence electrons. The highest BCUT2D eigenvalue weighted by Gasteiger charge is 2.35. The van der Waals surface area contributed by atoms with Crippen LogP contribution >= 0.6 is 0 Å². The van der Waals surface area contributed by atoms with E-state index in [0.717, 1.165) is 38.5 Å². The Kier molecular flexibility index (Phi) is 6.11. The first kappa shape index (κ1) is 21.2. The van der Waals surface area contributed by atoms with E-state index in [-0.39, 0.29) is 35.7 Å². The highest BCUT2D eigenvalue weighted by molar-refractivity contribution is 7.89. The van der Waals surface area contributed by atoms with Gasteiger partial charge in [-0.25, -0.2) is 13.4 Å². The molecule has 0 radical (unpaired) electrons. The Labute approximate surface area is 177 Å². The molecule has 4 rings (SSSR count). The number of likely N-dealkylation sites (tertiary alicyclic amines) is 1. The molecule has 1 amide bonds. The van der Waals surface area contributed by atoms with E-state index >= 15 is 0 Å². The number of carbonyl (C=O) groups is 1. The lowest BCUT2D eigenvalue weighted by Gasteiger charge is -2.38. The van der Waals surface area contributed by atoms with Crippen molar-refractivity contribution in [3.8, 4) is 0 Å². The molecule has 9 heteroatoms. The zero-order valence-electron chi connectivity index (χ0n) is 17.5. The Morgan fingerprint density at radius 3 is 2.80 bits per heavy atom. The van der Waals surface area contributed by atoms with Gasteiger partial charge in [-0.1, -0.05) is 12.2 Å². The summed E-state index contributed by atoms with van der Waals surface area (Å²) in [5.74, 6) is 0.651. The summed E-state index contributed by atoms with van der Waals surface area (Å²) >= 11 is 0. The Hall–Kier alpha value is -2.00. The Morgan fingerprint density at radius 2 is 2.07 bits per heavy atom. The fraction of sp³-hybridized carbons (Fsp3) is 0.667. The minimum absolute atomic E-state index is 0.00913. The zero-order valence-corrected chi connectivity index (χ0v) is 18.3. The van der Waals surface area contributed by atoms with E-state index in [1.165, 1.54) is 4.31 Å². The molecule has 3 heterocycles. The monoisotopic (exact) mass is 434 g/mol. The lowest BCUT2D eigenvalue weighted by molar-refractivity contribution is -0.140. The number of aromatic amines is 1. The van der Waals surface area contributed by atoms with Crippen molar-refractivity contribution in [1.29, 1.82) is 0 Å². The average Bonchev–Trinajstić information content (AvgIpc) is 2.78. The predicted molar refractivity (Wildman–Crippen MR) is 113 cm³/mol. The first-order valence-electron chi connectivity index (χ1n) is 11.0. The van der Waals surface area contributed by atoms with Crippen molar-refractivity contribution < 1.29 is 13.2 Å². The maximum atomic E-state index is 13.2. The molecule has 1 N–H and O–H groups in total. The molecule has 0 saturated carbocycles. The molecule has 1 aromatic rings. The molecule has 3 aliphatic rings. The van der Waals surface area contributed by atoms with Gasteiger partial charge in [0.2, 0.25) is 15.9 Å². The maximum absolute atomic E-state index is 13.2. The van der Waals surface area contributed by atoms with Crippen LogP contribution in [-0.2, 0) is 27.8 Å². The molecule has 0 spiro atoms. The number of sulfonamides is 1. The standard InChI is InChI=1S/C21H30N4O4S/c1-2-30(28,29)24-13-11-16-17(14-24)22-19(23-20(16)26)18-10-6-7-12-25(18)21(27)15-8-4-3-5-9-15/h3-4,15,18H,2,5-14H2,1H3,(H,22,23,26). The number of allylic oxidation sites excluding steroid dienone is 2. The van der Waals surface area contributed by atoms with Gasteiger partial charge in [0, 0.05) is 24.6 Å². The van der Waals surface area contributed by atoms with Crippen LogP contribution in [0, 0.1) is 5.92 Å². The minimum atomic E-state index is -3.34. The Morgan fingerprint density at radius 1 is 1.23 bits per heavy atom. The third-order valence-corrected chi connectivity index (χ3v) is 8.36. The van der Waals surface area contributed by atoms with E-state index in [1.807, 2.05) is 4.90 Å². The van der Waals surface area contributed by atoms with E-state index in [4.69, 9.17) is 4.98 Å². The highest BCUT2D eigenvalue weighted by atomic mass is 32.2. The van der Waals surface area contributed by atoms with Gasteiger partial charge in [-0.3, -0.25) is 9.59 Å². The van der Waals surface area contributed by atoms with Crippen molar-refractivity contribution in [3.05, 3.63) is 39.6 Å². The summed E-state index contributed by atoms with van der Waals surface area (Å²) in [6.07, 6.45) is 9.77. The van der Waals surface area contributed by atoms with Crippen molar-refractivity contribution in [2.45, 2.75) is 64.5 Å². The Bertz CT molecular complexity index is 1000. The van der Waals surface area contributed by atoms with Crippen molar-refractivity contribution in [2.24, 2.45) is 5.92 Å². The second-order valence-corrected chi connectivity index (χ2v) is 10.6. The van der Waals surface area contributed by atoms with E-state index in [9.17, 15) is 18.0 Å². The van der Waals surface area contributed by atoms with Crippen molar-refractivity contribution in [1.82, 2.24) is 19.2 Å².